The summed E-state index contributed by atoms with van der Waals surface area (Å²) in [7, 11) is 1.19. The zero-order valence-corrected chi connectivity index (χ0v) is 12.5. The second-order valence-electron chi connectivity index (χ2n) is 5.55. The second-order valence-corrected chi connectivity index (χ2v) is 5.55. The fourth-order valence-electron chi connectivity index (χ4n) is 3.00. The van der Waals surface area contributed by atoms with Gasteiger partial charge >= 0.3 is 18.1 Å². The molecular weight excluding hydrogens is 319 g/mol. The fraction of sp³-hybridized carbons (Fsp3) is 0.769. The Bertz CT molecular complexity index is 497. The number of piperidine rings is 1. The minimum absolute atomic E-state index is 0.123. The Labute approximate surface area is 130 Å². The van der Waals surface area contributed by atoms with Gasteiger partial charge in [0.25, 0.3) is 0 Å². The summed E-state index contributed by atoms with van der Waals surface area (Å²) in [5.74, 6) is -3.48. The predicted octanol–water partition coefficient (Wildman–Crippen LogP) is -0.441. The number of halogens is 3. The number of rotatable bonds is 2. The zero-order valence-electron chi connectivity index (χ0n) is 12.5. The lowest BCUT2D eigenvalue weighted by molar-refractivity contribution is -0.175. The molecule has 2 heterocycles. The number of carbonyl (C=O) groups is 3. The van der Waals surface area contributed by atoms with E-state index in [1.165, 1.54) is 12.0 Å². The SMILES string of the molecule is COC(=O)[C@@H]1CCC[C@@H]2CNCC(NC(=O)C(F)(F)F)C(=O)N21. The molecule has 0 aromatic heterocycles. The molecule has 130 valence electrons. The van der Waals surface area contributed by atoms with E-state index in [0.29, 0.717) is 25.8 Å². The van der Waals surface area contributed by atoms with E-state index < -0.39 is 36.0 Å². The first-order chi connectivity index (χ1) is 10.8. The van der Waals surface area contributed by atoms with Crippen molar-refractivity contribution >= 4 is 17.8 Å². The van der Waals surface area contributed by atoms with E-state index in [2.05, 4.69) is 10.1 Å². The maximum Gasteiger partial charge on any atom is 0.471 e. The van der Waals surface area contributed by atoms with Crippen LogP contribution in [0, 0.1) is 0 Å². The van der Waals surface area contributed by atoms with E-state index in [9.17, 15) is 27.6 Å². The van der Waals surface area contributed by atoms with Crippen LogP contribution >= 0.6 is 0 Å². The molecule has 0 saturated carbocycles. The van der Waals surface area contributed by atoms with Gasteiger partial charge in [0.1, 0.15) is 12.1 Å². The summed E-state index contributed by atoms with van der Waals surface area (Å²) in [6.07, 6.45) is -3.36. The normalized spacial score (nSPS) is 28.6. The Kier molecular flexibility index (Phi) is 5.12. The third-order valence-electron chi connectivity index (χ3n) is 4.06. The van der Waals surface area contributed by atoms with Crippen molar-refractivity contribution in [2.45, 2.75) is 43.6 Å². The number of methoxy groups -OCH3 is 1. The predicted molar refractivity (Wildman–Crippen MR) is 71.1 cm³/mol. The molecule has 2 aliphatic rings. The van der Waals surface area contributed by atoms with E-state index in [1.807, 2.05) is 0 Å². The average molecular weight is 337 g/mol. The summed E-state index contributed by atoms with van der Waals surface area (Å²) in [5, 5.41) is 4.55. The standard InChI is InChI=1S/C13H18F3N3O4/c1-23-11(21)9-4-2-3-7-5-17-6-8(10(20)19(7)9)18-12(22)13(14,15)16/h7-9,17H,2-6H2,1H3,(H,18,22)/t7-,8?,9+/m1/s1. The highest BCUT2D eigenvalue weighted by atomic mass is 19.4. The van der Waals surface area contributed by atoms with Crippen molar-refractivity contribution in [3.8, 4) is 0 Å². The van der Waals surface area contributed by atoms with Crippen LogP contribution < -0.4 is 10.6 Å². The number of amides is 2. The van der Waals surface area contributed by atoms with E-state index in [1.54, 1.807) is 5.32 Å². The molecule has 0 aromatic rings. The Morgan fingerprint density at radius 3 is 2.61 bits per heavy atom. The minimum Gasteiger partial charge on any atom is -0.467 e. The van der Waals surface area contributed by atoms with Gasteiger partial charge in [0.05, 0.1) is 7.11 Å². The van der Waals surface area contributed by atoms with Gasteiger partial charge in [-0.3, -0.25) is 9.59 Å². The maximum atomic E-state index is 12.6. The Morgan fingerprint density at radius 1 is 1.30 bits per heavy atom. The van der Waals surface area contributed by atoms with Gasteiger partial charge in [-0.2, -0.15) is 13.2 Å². The number of hydrogen-bond acceptors (Lipinski definition) is 5. The summed E-state index contributed by atoms with van der Waals surface area (Å²) in [6, 6.07) is -2.52. The van der Waals surface area contributed by atoms with Crippen LogP contribution in [0.15, 0.2) is 0 Å². The third-order valence-corrected chi connectivity index (χ3v) is 4.06. The van der Waals surface area contributed by atoms with Crippen molar-refractivity contribution in [3.05, 3.63) is 0 Å². The summed E-state index contributed by atoms with van der Waals surface area (Å²) in [4.78, 5) is 36.8. The van der Waals surface area contributed by atoms with Crippen LogP contribution in [0.5, 0.6) is 0 Å². The Balaban J connectivity index is 2.20. The van der Waals surface area contributed by atoms with Crippen LogP contribution in [0.2, 0.25) is 0 Å². The van der Waals surface area contributed by atoms with Crippen LogP contribution in [0.3, 0.4) is 0 Å². The highest BCUT2D eigenvalue weighted by molar-refractivity contribution is 5.92. The van der Waals surface area contributed by atoms with Gasteiger partial charge < -0.3 is 20.3 Å². The summed E-state index contributed by atoms with van der Waals surface area (Å²) < 4.78 is 41.9. The van der Waals surface area contributed by atoms with Gasteiger partial charge in [-0.25, -0.2) is 4.79 Å². The maximum absolute atomic E-state index is 12.6. The number of fused-ring (bicyclic) bond motifs is 1. The first kappa shape index (κ1) is 17.5. The largest absolute Gasteiger partial charge is 0.471 e. The molecule has 2 rings (SSSR count). The molecule has 2 saturated heterocycles. The van der Waals surface area contributed by atoms with Crippen molar-refractivity contribution < 1.29 is 32.3 Å². The van der Waals surface area contributed by atoms with Gasteiger partial charge in [-0.15, -0.1) is 0 Å². The lowest BCUT2D eigenvalue weighted by Gasteiger charge is -2.40. The number of carbonyl (C=O) groups excluding carboxylic acids is 3. The number of ether oxygens (including phenoxy) is 1. The molecule has 0 aliphatic carbocycles. The third kappa shape index (κ3) is 3.74. The highest BCUT2D eigenvalue weighted by Gasteiger charge is 2.46. The summed E-state index contributed by atoms with van der Waals surface area (Å²) >= 11 is 0. The first-order valence-corrected chi connectivity index (χ1v) is 7.24. The quantitative estimate of drug-likeness (QED) is 0.667. The molecule has 2 amide bonds. The van der Waals surface area contributed by atoms with Crippen LogP contribution in [-0.2, 0) is 19.1 Å². The van der Waals surface area contributed by atoms with Crippen molar-refractivity contribution in [3.63, 3.8) is 0 Å². The topological polar surface area (TPSA) is 87.7 Å². The van der Waals surface area contributed by atoms with Gasteiger partial charge in [0.2, 0.25) is 5.91 Å². The van der Waals surface area contributed by atoms with Gasteiger partial charge in [0, 0.05) is 19.1 Å². The van der Waals surface area contributed by atoms with E-state index >= 15 is 0 Å². The van der Waals surface area contributed by atoms with Crippen molar-refractivity contribution in [2.24, 2.45) is 0 Å². The highest BCUT2D eigenvalue weighted by Crippen LogP contribution is 2.26. The Hall–Kier alpha value is -1.84. The summed E-state index contributed by atoms with van der Waals surface area (Å²) in [6.45, 7) is 0.221. The minimum atomic E-state index is -5.07. The molecule has 0 spiro atoms. The van der Waals surface area contributed by atoms with Crippen molar-refractivity contribution in [1.82, 2.24) is 15.5 Å². The second kappa shape index (κ2) is 6.73. The molecule has 2 fully saturated rings. The van der Waals surface area contributed by atoms with Gasteiger partial charge in [-0.05, 0) is 19.3 Å². The molecule has 1 unspecified atom stereocenters. The molecule has 3 atom stereocenters. The molecule has 2 aliphatic heterocycles. The molecule has 0 radical (unpaired) electrons. The van der Waals surface area contributed by atoms with Gasteiger partial charge in [0.15, 0.2) is 0 Å². The van der Waals surface area contributed by atoms with E-state index in [0.717, 1.165) is 0 Å². The molecule has 0 aromatic carbocycles. The molecular formula is C13H18F3N3O4. The number of nitrogens with one attached hydrogen (secondary N) is 2. The number of hydrogen-bond donors (Lipinski definition) is 2. The lowest BCUT2D eigenvalue weighted by atomic mass is 9.95. The Morgan fingerprint density at radius 2 is 2.00 bits per heavy atom. The van der Waals surface area contributed by atoms with E-state index in [-0.39, 0.29) is 12.6 Å². The fourth-order valence-corrected chi connectivity index (χ4v) is 3.00. The molecule has 23 heavy (non-hydrogen) atoms. The van der Waals surface area contributed by atoms with Crippen molar-refractivity contribution in [2.75, 3.05) is 20.2 Å². The lowest BCUT2D eigenvalue weighted by Crippen LogP contribution is -2.59. The molecule has 0 bridgehead atoms. The number of alkyl halides is 3. The average Bonchev–Trinajstić information content (AvgIpc) is 2.65. The molecule has 2 N–H and O–H groups in total. The van der Waals surface area contributed by atoms with E-state index in [4.69, 9.17) is 0 Å². The van der Waals surface area contributed by atoms with Gasteiger partial charge in [-0.1, -0.05) is 0 Å². The van der Waals surface area contributed by atoms with Crippen molar-refractivity contribution in [1.29, 1.82) is 0 Å². The van der Waals surface area contributed by atoms with Crippen LogP contribution in [0.25, 0.3) is 0 Å². The van der Waals surface area contributed by atoms with Crippen LogP contribution in [0.4, 0.5) is 13.2 Å². The van der Waals surface area contributed by atoms with Crippen LogP contribution in [0.1, 0.15) is 19.3 Å². The monoisotopic (exact) mass is 337 g/mol. The zero-order chi connectivity index (χ0) is 17.2. The first-order valence-electron chi connectivity index (χ1n) is 7.24. The molecule has 7 nitrogen and oxygen atoms in total. The molecule has 10 heteroatoms. The number of esters is 1. The smallest absolute Gasteiger partial charge is 0.467 e. The van der Waals surface area contributed by atoms with Crippen LogP contribution in [-0.4, -0.2) is 67.2 Å². The summed E-state index contributed by atoms with van der Waals surface area (Å²) in [5.41, 5.74) is 0. The number of nitrogens with zero attached hydrogens (tertiary/aromatic N) is 1.